The van der Waals surface area contributed by atoms with Crippen molar-refractivity contribution in [1.82, 2.24) is 10.2 Å². The molecule has 1 saturated carbocycles. The first-order valence-corrected chi connectivity index (χ1v) is 7.13. The van der Waals surface area contributed by atoms with Crippen LogP contribution in [-0.2, 0) is 14.4 Å². The molecule has 1 aliphatic heterocycles. The van der Waals surface area contributed by atoms with Crippen LogP contribution >= 0.6 is 0 Å². The molecule has 3 N–H and O–H groups in total. The number of imide groups is 1. The van der Waals surface area contributed by atoms with E-state index in [9.17, 15) is 14.4 Å². The zero-order chi connectivity index (χ0) is 14.5. The molecule has 0 saturated heterocycles. The third-order valence-electron chi connectivity index (χ3n) is 4.00. The number of nitrogens with two attached hydrogens (primary N) is 1. The number of hydrogen-bond acceptors (Lipinski definition) is 4. The number of carbonyl (C=O) groups is 3. The van der Waals surface area contributed by atoms with Crippen molar-refractivity contribution in [3.8, 4) is 0 Å². The lowest BCUT2D eigenvalue weighted by atomic mass is 9.81. The van der Waals surface area contributed by atoms with Gasteiger partial charge in [0, 0.05) is 37.7 Å². The van der Waals surface area contributed by atoms with Crippen molar-refractivity contribution < 1.29 is 14.4 Å². The third-order valence-corrected chi connectivity index (χ3v) is 4.00. The van der Waals surface area contributed by atoms with E-state index in [0.717, 1.165) is 25.7 Å². The van der Waals surface area contributed by atoms with E-state index in [1.54, 1.807) is 0 Å². The van der Waals surface area contributed by atoms with Crippen molar-refractivity contribution in [2.45, 2.75) is 25.7 Å². The van der Waals surface area contributed by atoms with Gasteiger partial charge in [-0.3, -0.25) is 19.3 Å². The monoisotopic (exact) mass is 279 g/mol. The van der Waals surface area contributed by atoms with E-state index in [1.165, 1.54) is 17.1 Å². The van der Waals surface area contributed by atoms with Gasteiger partial charge in [0.05, 0.1) is 0 Å². The first kappa shape index (κ1) is 14.7. The second-order valence-electron chi connectivity index (χ2n) is 5.42. The molecule has 6 nitrogen and oxygen atoms in total. The Labute approximate surface area is 118 Å². The zero-order valence-electron chi connectivity index (χ0n) is 11.5. The van der Waals surface area contributed by atoms with Gasteiger partial charge >= 0.3 is 0 Å². The van der Waals surface area contributed by atoms with Crippen LogP contribution in [0.2, 0.25) is 0 Å². The largest absolute Gasteiger partial charge is 0.355 e. The normalized spacial score (nSPS) is 26.1. The second kappa shape index (κ2) is 6.65. The molecule has 2 aliphatic rings. The lowest BCUT2D eigenvalue weighted by Gasteiger charge is -2.29. The Balaban J connectivity index is 1.76. The summed E-state index contributed by atoms with van der Waals surface area (Å²) in [5, 5.41) is 2.81. The zero-order valence-corrected chi connectivity index (χ0v) is 11.5. The predicted molar refractivity (Wildman–Crippen MR) is 73.4 cm³/mol. The summed E-state index contributed by atoms with van der Waals surface area (Å²) in [6.07, 6.45) is 5.99. The van der Waals surface area contributed by atoms with E-state index in [1.807, 2.05) is 0 Å². The van der Waals surface area contributed by atoms with Crippen LogP contribution in [0.5, 0.6) is 0 Å². The van der Waals surface area contributed by atoms with Crippen LogP contribution in [0.15, 0.2) is 12.2 Å². The average Bonchev–Trinajstić information content (AvgIpc) is 2.77. The van der Waals surface area contributed by atoms with Gasteiger partial charge < -0.3 is 11.1 Å². The topological polar surface area (TPSA) is 92.5 Å². The molecule has 0 spiro atoms. The Hall–Kier alpha value is -1.69. The third kappa shape index (κ3) is 3.45. The molecule has 6 heteroatoms. The van der Waals surface area contributed by atoms with Crippen LogP contribution < -0.4 is 11.1 Å². The van der Waals surface area contributed by atoms with Crippen molar-refractivity contribution in [2.24, 2.45) is 17.6 Å². The highest BCUT2D eigenvalue weighted by Crippen LogP contribution is 2.30. The molecule has 0 bridgehead atoms. The first-order chi connectivity index (χ1) is 9.61. The van der Waals surface area contributed by atoms with E-state index in [0.29, 0.717) is 25.6 Å². The molecule has 0 atom stereocenters. The number of amides is 3. The van der Waals surface area contributed by atoms with E-state index >= 15 is 0 Å². The van der Waals surface area contributed by atoms with Crippen molar-refractivity contribution in [3.63, 3.8) is 0 Å². The lowest BCUT2D eigenvalue weighted by Crippen LogP contribution is -2.39. The van der Waals surface area contributed by atoms with Crippen LogP contribution in [0.3, 0.4) is 0 Å². The van der Waals surface area contributed by atoms with Crippen LogP contribution in [0, 0.1) is 11.8 Å². The fourth-order valence-electron chi connectivity index (χ4n) is 2.82. The van der Waals surface area contributed by atoms with E-state index in [4.69, 9.17) is 5.73 Å². The molecule has 0 aromatic carbocycles. The maximum absolute atomic E-state index is 11.8. The van der Waals surface area contributed by atoms with Crippen LogP contribution in [0.4, 0.5) is 0 Å². The molecule has 1 heterocycles. The maximum atomic E-state index is 11.8. The minimum absolute atomic E-state index is 0.0425. The Morgan fingerprint density at radius 2 is 1.80 bits per heavy atom. The quantitative estimate of drug-likeness (QED) is 0.681. The summed E-state index contributed by atoms with van der Waals surface area (Å²) in [6, 6.07) is 0. The van der Waals surface area contributed by atoms with Crippen LogP contribution in [0.1, 0.15) is 25.7 Å². The maximum Gasteiger partial charge on any atom is 0.253 e. The smallest absolute Gasteiger partial charge is 0.253 e. The molecule has 0 aromatic rings. The molecule has 1 fully saturated rings. The number of hydrogen-bond donors (Lipinski definition) is 2. The number of nitrogens with one attached hydrogen (secondary N) is 1. The van der Waals surface area contributed by atoms with Crippen molar-refractivity contribution in [3.05, 3.63) is 12.2 Å². The summed E-state index contributed by atoms with van der Waals surface area (Å²) < 4.78 is 0. The van der Waals surface area contributed by atoms with Gasteiger partial charge in [0.1, 0.15) is 0 Å². The summed E-state index contributed by atoms with van der Waals surface area (Å²) in [7, 11) is 0. The number of carbonyl (C=O) groups excluding carboxylic acids is 3. The second-order valence-corrected chi connectivity index (χ2v) is 5.42. The minimum Gasteiger partial charge on any atom is -0.355 e. The van der Waals surface area contributed by atoms with Gasteiger partial charge in [0.25, 0.3) is 11.8 Å². The van der Waals surface area contributed by atoms with Crippen molar-refractivity contribution in [1.29, 1.82) is 0 Å². The fraction of sp³-hybridized carbons (Fsp3) is 0.643. The van der Waals surface area contributed by atoms with Gasteiger partial charge in [0.2, 0.25) is 5.91 Å². The van der Waals surface area contributed by atoms with Gasteiger partial charge in [-0.1, -0.05) is 0 Å². The van der Waals surface area contributed by atoms with Gasteiger partial charge in [-0.2, -0.15) is 0 Å². The molecule has 1 aliphatic carbocycles. The highest BCUT2D eigenvalue weighted by Gasteiger charge is 2.30. The van der Waals surface area contributed by atoms with Crippen molar-refractivity contribution in [2.75, 3.05) is 19.6 Å². The summed E-state index contributed by atoms with van der Waals surface area (Å²) in [4.78, 5) is 36.1. The summed E-state index contributed by atoms with van der Waals surface area (Å²) in [5.74, 6) is -0.0261. The van der Waals surface area contributed by atoms with E-state index in [2.05, 4.69) is 5.32 Å². The molecule has 20 heavy (non-hydrogen) atoms. The summed E-state index contributed by atoms with van der Waals surface area (Å²) in [6.45, 7) is 1.44. The van der Waals surface area contributed by atoms with Gasteiger partial charge in [0.15, 0.2) is 0 Å². The molecule has 110 valence electrons. The van der Waals surface area contributed by atoms with Crippen molar-refractivity contribution >= 4 is 17.7 Å². The van der Waals surface area contributed by atoms with Crippen LogP contribution in [-0.4, -0.2) is 42.3 Å². The fourth-order valence-corrected chi connectivity index (χ4v) is 2.82. The number of nitrogens with zero attached hydrogens (tertiary/aromatic N) is 1. The average molecular weight is 279 g/mol. The molecule has 0 aromatic heterocycles. The molecule has 0 unspecified atom stereocenters. The predicted octanol–water partition coefficient (Wildman–Crippen LogP) is -0.207. The Kier molecular flexibility index (Phi) is 4.89. The van der Waals surface area contributed by atoms with E-state index < -0.39 is 0 Å². The molecule has 3 amide bonds. The summed E-state index contributed by atoms with van der Waals surface area (Å²) in [5.41, 5.74) is 5.36. The Bertz CT molecular complexity index is 407. The standard InChI is InChI=1S/C14H21N3O3/c15-7-8-16-14(20)11-3-1-10(2-4-11)9-17-12(18)5-6-13(17)19/h5-6,10-11H,1-4,7-9,15H2,(H,16,20). The lowest BCUT2D eigenvalue weighted by molar-refractivity contribution is -0.138. The first-order valence-electron chi connectivity index (χ1n) is 7.13. The Morgan fingerprint density at radius 3 is 2.35 bits per heavy atom. The van der Waals surface area contributed by atoms with Gasteiger partial charge in [-0.15, -0.1) is 0 Å². The molecular weight excluding hydrogens is 258 g/mol. The van der Waals surface area contributed by atoms with Crippen LogP contribution in [0.25, 0.3) is 0 Å². The molecule has 0 radical (unpaired) electrons. The highest BCUT2D eigenvalue weighted by molar-refractivity contribution is 6.12. The van der Waals surface area contributed by atoms with Gasteiger partial charge in [-0.25, -0.2) is 0 Å². The molecule has 2 rings (SSSR count). The molecular formula is C14H21N3O3. The van der Waals surface area contributed by atoms with Gasteiger partial charge in [-0.05, 0) is 31.6 Å². The minimum atomic E-state index is -0.224. The SMILES string of the molecule is NCCNC(=O)C1CCC(CN2C(=O)C=CC2=O)CC1. The number of rotatable bonds is 5. The Morgan fingerprint density at radius 1 is 1.20 bits per heavy atom. The summed E-state index contributed by atoms with van der Waals surface area (Å²) >= 11 is 0. The highest BCUT2D eigenvalue weighted by atomic mass is 16.2. The van der Waals surface area contributed by atoms with E-state index in [-0.39, 0.29) is 23.6 Å².